The van der Waals surface area contributed by atoms with E-state index in [0.717, 1.165) is 0 Å². The van der Waals surface area contributed by atoms with E-state index in [1.54, 1.807) is 48.5 Å². The normalized spacial score (nSPS) is 15.3. The van der Waals surface area contributed by atoms with Crippen LogP contribution >= 0.6 is 11.6 Å². The fraction of sp³-hybridized carbons (Fsp3) is 0.304. The number of rotatable bonds is 6. The van der Waals surface area contributed by atoms with Gasteiger partial charge in [0.05, 0.1) is 36.8 Å². The molecule has 0 atom stereocenters. The Hall–Kier alpha value is -3.67. The molecule has 4 heterocycles. The Morgan fingerprint density at radius 3 is 2.94 bits per heavy atom. The Morgan fingerprint density at radius 2 is 2.17 bits per heavy atom. The molecule has 182 valence electrons. The van der Waals surface area contributed by atoms with E-state index < -0.39 is 11.5 Å². The summed E-state index contributed by atoms with van der Waals surface area (Å²) in [7, 11) is 1.54. The number of nitrogens with one attached hydrogen (secondary N) is 1. The van der Waals surface area contributed by atoms with Crippen LogP contribution in [0.15, 0.2) is 42.9 Å². The Bertz CT molecular complexity index is 1390. The van der Waals surface area contributed by atoms with Crippen LogP contribution in [-0.2, 0) is 11.3 Å². The summed E-state index contributed by atoms with van der Waals surface area (Å²) in [6, 6.07) is 6.86. The number of aliphatic hydroxyl groups is 1. The number of benzene rings is 1. The van der Waals surface area contributed by atoms with E-state index in [1.165, 1.54) is 10.7 Å². The number of nitrogens with zero attached hydrogens (tertiary/aromatic N) is 5. The maximum Gasteiger partial charge on any atom is 0.263 e. The van der Waals surface area contributed by atoms with Crippen molar-refractivity contribution >= 4 is 34.7 Å². The van der Waals surface area contributed by atoms with Gasteiger partial charge in [0.15, 0.2) is 11.5 Å². The van der Waals surface area contributed by atoms with Gasteiger partial charge in [-0.15, -0.1) is 5.10 Å². The minimum absolute atomic E-state index is 0.0481. The van der Waals surface area contributed by atoms with Gasteiger partial charge in [-0.3, -0.25) is 9.48 Å². The first-order chi connectivity index (χ1) is 16.9. The summed E-state index contributed by atoms with van der Waals surface area (Å²) >= 11 is 6.31. The van der Waals surface area contributed by atoms with Gasteiger partial charge < -0.3 is 25.6 Å². The standard InChI is InChI=1S/C23H24ClN7O4/c1-34-17-4-3-14(24)11-15(17)19-16(12-27-31(19)13-23(33)5-9-35-10-6-23)28-22(32)18-20(25)29-30-8-2-7-26-21(18)30/h2-4,7-8,11-12,33H,5-6,9-10,13H2,1H3,(H2,25,29)(H,28,32). The summed E-state index contributed by atoms with van der Waals surface area (Å²) in [4.78, 5) is 17.6. The number of hydrogen-bond donors (Lipinski definition) is 3. The van der Waals surface area contributed by atoms with Crippen molar-refractivity contribution in [3.63, 3.8) is 0 Å². The highest BCUT2D eigenvalue weighted by molar-refractivity contribution is 6.31. The summed E-state index contributed by atoms with van der Waals surface area (Å²) in [6.45, 7) is 1.11. The zero-order valence-electron chi connectivity index (χ0n) is 18.9. The molecule has 11 nitrogen and oxygen atoms in total. The molecule has 1 amide bonds. The maximum absolute atomic E-state index is 13.3. The SMILES string of the molecule is COc1ccc(Cl)cc1-c1c(NC(=O)c2c(N)nn3cccnc23)cnn1CC1(O)CCOCC1. The Kier molecular flexibility index (Phi) is 6.05. The molecule has 0 bridgehead atoms. The molecule has 0 radical (unpaired) electrons. The van der Waals surface area contributed by atoms with E-state index in [-0.39, 0.29) is 17.9 Å². The van der Waals surface area contributed by atoms with Gasteiger partial charge in [0.1, 0.15) is 11.3 Å². The molecule has 0 unspecified atom stereocenters. The molecule has 1 aromatic carbocycles. The highest BCUT2D eigenvalue weighted by Crippen LogP contribution is 2.38. The number of aromatic nitrogens is 5. The quantitative estimate of drug-likeness (QED) is 0.369. The lowest BCUT2D eigenvalue weighted by Crippen LogP contribution is -2.40. The number of carbonyl (C=O) groups excluding carboxylic acids is 1. The first-order valence-electron chi connectivity index (χ1n) is 11.0. The lowest BCUT2D eigenvalue weighted by Gasteiger charge is -2.32. The molecule has 4 N–H and O–H groups in total. The van der Waals surface area contributed by atoms with E-state index in [1.807, 2.05) is 0 Å². The van der Waals surface area contributed by atoms with Gasteiger partial charge >= 0.3 is 0 Å². The Labute approximate surface area is 205 Å². The van der Waals surface area contributed by atoms with Crippen molar-refractivity contribution in [3.05, 3.63) is 53.4 Å². The van der Waals surface area contributed by atoms with Gasteiger partial charge in [-0.1, -0.05) is 11.6 Å². The van der Waals surface area contributed by atoms with Crippen LogP contribution in [0.25, 0.3) is 16.9 Å². The molecule has 5 rings (SSSR count). The van der Waals surface area contributed by atoms with Crippen LogP contribution in [0.5, 0.6) is 5.75 Å². The van der Waals surface area contributed by atoms with Gasteiger partial charge in [0, 0.05) is 49.0 Å². The lowest BCUT2D eigenvalue weighted by atomic mass is 9.94. The minimum Gasteiger partial charge on any atom is -0.496 e. The van der Waals surface area contributed by atoms with E-state index in [4.69, 9.17) is 26.8 Å². The number of amides is 1. The van der Waals surface area contributed by atoms with Gasteiger partial charge in [-0.05, 0) is 24.3 Å². The summed E-state index contributed by atoms with van der Waals surface area (Å²) in [5.74, 6) is 0.0811. The number of ether oxygens (including phenoxy) is 2. The zero-order chi connectivity index (χ0) is 24.6. The molecule has 3 aromatic heterocycles. The molecular formula is C23H24ClN7O4. The fourth-order valence-corrected chi connectivity index (χ4v) is 4.41. The number of anilines is 2. The first kappa shape index (κ1) is 23.1. The second-order valence-corrected chi connectivity index (χ2v) is 8.78. The number of hydrogen-bond acceptors (Lipinski definition) is 8. The smallest absolute Gasteiger partial charge is 0.263 e. The van der Waals surface area contributed by atoms with E-state index in [9.17, 15) is 9.90 Å². The van der Waals surface area contributed by atoms with E-state index >= 15 is 0 Å². The van der Waals surface area contributed by atoms with Gasteiger partial charge in [-0.25, -0.2) is 9.50 Å². The zero-order valence-corrected chi connectivity index (χ0v) is 19.7. The topological polar surface area (TPSA) is 142 Å². The second kappa shape index (κ2) is 9.17. The summed E-state index contributed by atoms with van der Waals surface area (Å²) < 4.78 is 14.1. The second-order valence-electron chi connectivity index (χ2n) is 8.35. The molecule has 1 saturated heterocycles. The minimum atomic E-state index is -1.01. The van der Waals surface area contributed by atoms with Crippen molar-refractivity contribution in [2.24, 2.45) is 0 Å². The first-order valence-corrected chi connectivity index (χ1v) is 11.4. The summed E-state index contributed by atoms with van der Waals surface area (Å²) in [5.41, 5.74) is 7.02. The summed E-state index contributed by atoms with van der Waals surface area (Å²) in [6.07, 6.45) is 5.66. The van der Waals surface area contributed by atoms with Crippen LogP contribution in [0.2, 0.25) is 5.02 Å². The molecule has 0 aliphatic carbocycles. The lowest BCUT2D eigenvalue weighted by molar-refractivity contribution is -0.0742. The van der Waals surface area contributed by atoms with Crippen LogP contribution in [0, 0.1) is 0 Å². The molecule has 35 heavy (non-hydrogen) atoms. The van der Waals surface area contributed by atoms with E-state index in [2.05, 4.69) is 20.5 Å². The largest absolute Gasteiger partial charge is 0.496 e. The third-order valence-electron chi connectivity index (χ3n) is 6.02. The molecular weight excluding hydrogens is 474 g/mol. The average molecular weight is 498 g/mol. The predicted octanol–water partition coefficient (Wildman–Crippen LogP) is 2.63. The van der Waals surface area contributed by atoms with Crippen LogP contribution in [-0.4, -0.2) is 61.3 Å². The predicted molar refractivity (Wildman–Crippen MR) is 130 cm³/mol. The monoisotopic (exact) mass is 497 g/mol. The number of halogens is 1. The molecule has 1 aliphatic heterocycles. The number of methoxy groups -OCH3 is 1. The van der Waals surface area contributed by atoms with Crippen molar-refractivity contribution in [1.29, 1.82) is 0 Å². The molecule has 0 saturated carbocycles. The third-order valence-corrected chi connectivity index (χ3v) is 6.26. The van der Waals surface area contributed by atoms with Crippen molar-refractivity contribution in [1.82, 2.24) is 24.4 Å². The van der Waals surface area contributed by atoms with Crippen molar-refractivity contribution in [2.45, 2.75) is 25.0 Å². The summed E-state index contributed by atoms with van der Waals surface area (Å²) in [5, 5.41) is 23.2. The fourth-order valence-electron chi connectivity index (χ4n) is 4.24. The average Bonchev–Trinajstić information content (AvgIpc) is 3.38. The number of nitrogen functional groups attached to an aromatic ring is 1. The maximum atomic E-state index is 13.3. The van der Waals surface area contributed by atoms with Crippen molar-refractivity contribution in [3.8, 4) is 17.0 Å². The number of fused-ring (bicyclic) bond motifs is 1. The van der Waals surface area contributed by atoms with Crippen molar-refractivity contribution < 1.29 is 19.4 Å². The molecule has 4 aromatic rings. The molecule has 12 heteroatoms. The van der Waals surface area contributed by atoms with Gasteiger partial charge in [0.25, 0.3) is 5.91 Å². The van der Waals surface area contributed by atoms with Crippen LogP contribution in [0.1, 0.15) is 23.2 Å². The Morgan fingerprint density at radius 1 is 1.37 bits per heavy atom. The molecule has 1 aliphatic rings. The van der Waals surface area contributed by atoms with Gasteiger partial charge in [-0.2, -0.15) is 5.10 Å². The van der Waals surface area contributed by atoms with Crippen LogP contribution in [0.4, 0.5) is 11.5 Å². The van der Waals surface area contributed by atoms with Crippen LogP contribution in [0.3, 0.4) is 0 Å². The highest BCUT2D eigenvalue weighted by atomic mass is 35.5. The van der Waals surface area contributed by atoms with Gasteiger partial charge in [0.2, 0.25) is 0 Å². The highest BCUT2D eigenvalue weighted by Gasteiger charge is 2.33. The molecule has 1 fully saturated rings. The number of nitrogens with two attached hydrogens (primary N) is 1. The Balaban J connectivity index is 1.58. The van der Waals surface area contributed by atoms with E-state index in [0.29, 0.717) is 59.4 Å². The van der Waals surface area contributed by atoms with Crippen LogP contribution < -0.4 is 15.8 Å². The number of carbonyl (C=O) groups is 1. The van der Waals surface area contributed by atoms with Crippen molar-refractivity contribution in [2.75, 3.05) is 31.4 Å². The molecule has 0 spiro atoms. The third kappa shape index (κ3) is 4.41.